The molecule has 0 amide bonds. The predicted octanol–water partition coefficient (Wildman–Crippen LogP) is 2.46. The van der Waals surface area contributed by atoms with Crippen LogP contribution in [0.15, 0.2) is 84.9 Å². The Labute approximate surface area is 219 Å². The fraction of sp³-hybridized carbons (Fsp3) is 0.379. The van der Waals surface area contributed by atoms with Crippen LogP contribution in [0, 0.1) is 0 Å². The Morgan fingerprint density at radius 1 is 0.730 bits per heavy atom. The fourth-order valence-corrected chi connectivity index (χ4v) is 9.48. The average Bonchev–Trinajstić information content (AvgIpc) is 2.91. The van der Waals surface area contributed by atoms with Crippen molar-refractivity contribution < 1.29 is 34.0 Å². The maximum atomic E-state index is 10.8. The van der Waals surface area contributed by atoms with Gasteiger partial charge in [-0.05, 0) is 39.7 Å². The van der Waals surface area contributed by atoms with Gasteiger partial charge >= 0.3 is 0 Å². The molecule has 3 aromatic rings. The lowest BCUT2D eigenvalue weighted by molar-refractivity contribution is -0.276. The number of methoxy groups -OCH3 is 1. The Bertz CT molecular complexity index is 1080. The molecule has 0 spiro atoms. The van der Waals surface area contributed by atoms with Gasteiger partial charge in [0.05, 0.1) is 13.7 Å². The van der Waals surface area contributed by atoms with Crippen LogP contribution in [0.1, 0.15) is 20.8 Å². The third-order valence-electron chi connectivity index (χ3n) is 6.86. The molecule has 0 radical (unpaired) electrons. The summed E-state index contributed by atoms with van der Waals surface area (Å²) < 4.78 is 23.9. The molecule has 0 saturated carbocycles. The van der Waals surface area contributed by atoms with E-state index < -0.39 is 39.0 Å². The van der Waals surface area contributed by atoms with Crippen LogP contribution in [0.4, 0.5) is 0 Å². The molecule has 5 atom stereocenters. The van der Waals surface area contributed by atoms with Crippen LogP contribution < -0.4 is 19.8 Å². The highest BCUT2D eigenvalue weighted by Gasteiger charge is 2.52. The number of aliphatic hydroxyl groups excluding tert-OH is 3. The molecule has 4 rings (SSSR count). The van der Waals surface area contributed by atoms with Gasteiger partial charge in [-0.2, -0.15) is 0 Å². The number of benzene rings is 3. The van der Waals surface area contributed by atoms with Crippen molar-refractivity contribution in [2.75, 3.05) is 13.7 Å². The maximum Gasteiger partial charge on any atom is 0.261 e. The van der Waals surface area contributed by atoms with Crippen molar-refractivity contribution in [1.82, 2.24) is 0 Å². The number of hydrogen-bond donors (Lipinski definition) is 3. The number of ether oxygens (including phenoxy) is 3. The van der Waals surface area contributed by atoms with Crippen LogP contribution in [-0.2, 0) is 9.16 Å². The Morgan fingerprint density at radius 3 is 1.73 bits per heavy atom. The third-order valence-corrected chi connectivity index (χ3v) is 11.9. The van der Waals surface area contributed by atoms with Gasteiger partial charge in [0.1, 0.15) is 35.9 Å². The summed E-state index contributed by atoms with van der Waals surface area (Å²) in [6, 6.07) is 27.1. The van der Waals surface area contributed by atoms with E-state index in [2.05, 4.69) is 45.0 Å². The van der Waals surface area contributed by atoms with Crippen molar-refractivity contribution in [1.29, 1.82) is 0 Å². The monoisotopic (exact) mass is 524 g/mol. The Balaban J connectivity index is 1.62. The minimum atomic E-state index is -2.90. The molecule has 1 saturated heterocycles. The molecular formula is C29H36O7Si. The zero-order valence-electron chi connectivity index (χ0n) is 21.7. The van der Waals surface area contributed by atoms with E-state index in [-0.39, 0.29) is 11.6 Å². The molecule has 198 valence electrons. The van der Waals surface area contributed by atoms with E-state index in [1.54, 1.807) is 31.4 Å². The second-order valence-corrected chi connectivity index (χ2v) is 14.6. The van der Waals surface area contributed by atoms with Gasteiger partial charge in [0, 0.05) is 0 Å². The lowest BCUT2D eigenvalue weighted by atomic mass is 9.99. The van der Waals surface area contributed by atoms with Crippen LogP contribution in [0.25, 0.3) is 0 Å². The summed E-state index contributed by atoms with van der Waals surface area (Å²) in [5.74, 6) is 1.09. The molecule has 37 heavy (non-hydrogen) atoms. The molecule has 1 aliphatic rings. The molecule has 3 aromatic carbocycles. The third kappa shape index (κ3) is 5.60. The summed E-state index contributed by atoms with van der Waals surface area (Å²) in [4.78, 5) is 0. The highest BCUT2D eigenvalue weighted by atomic mass is 28.4. The molecule has 1 heterocycles. The van der Waals surface area contributed by atoms with E-state index in [0.29, 0.717) is 11.5 Å². The highest BCUT2D eigenvalue weighted by molar-refractivity contribution is 6.99. The SMILES string of the molecule is COc1ccc(O[C@@H]2O[C@H](CO[Si](c3ccccc3)(c3ccccc3)C(C)(C)C)[C@H](O)[C@H](O)[C@H]2O)cc1. The average molecular weight is 525 g/mol. The lowest BCUT2D eigenvalue weighted by Gasteiger charge is -2.45. The molecule has 0 bridgehead atoms. The first kappa shape index (κ1) is 27.3. The van der Waals surface area contributed by atoms with Gasteiger partial charge in [0.15, 0.2) is 0 Å². The van der Waals surface area contributed by atoms with E-state index in [0.717, 1.165) is 10.4 Å². The van der Waals surface area contributed by atoms with Gasteiger partial charge in [-0.15, -0.1) is 0 Å². The lowest BCUT2D eigenvalue weighted by Crippen LogP contribution is -2.68. The zero-order valence-corrected chi connectivity index (χ0v) is 22.7. The summed E-state index contributed by atoms with van der Waals surface area (Å²) in [5.41, 5.74) is 0. The summed E-state index contributed by atoms with van der Waals surface area (Å²) in [5, 5.41) is 34.0. The first-order chi connectivity index (χ1) is 17.7. The molecule has 3 N–H and O–H groups in total. The molecule has 1 fully saturated rings. The Morgan fingerprint density at radius 2 is 1.24 bits per heavy atom. The smallest absolute Gasteiger partial charge is 0.261 e. The molecule has 0 aromatic heterocycles. The predicted molar refractivity (Wildman–Crippen MR) is 144 cm³/mol. The van der Waals surface area contributed by atoms with Crippen LogP contribution in [0.3, 0.4) is 0 Å². The number of aliphatic hydroxyl groups is 3. The first-order valence-electron chi connectivity index (χ1n) is 12.4. The van der Waals surface area contributed by atoms with Gasteiger partial charge in [-0.3, -0.25) is 0 Å². The van der Waals surface area contributed by atoms with Crippen LogP contribution >= 0.6 is 0 Å². The van der Waals surface area contributed by atoms with E-state index in [4.69, 9.17) is 18.6 Å². The summed E-state index contributed by atoms with van der Waals surface area (Å²) in [6.07, 6.45) is -6.39. The Kier molecular flexibility index (Phi) is 8.38. The van der Waals surface area contributed by atoms with Crippen molar-refractivity contribution >= 4 is 18.7 Å². The van der Waals surface area contributed by atoms with Gasteiger partial charge in [-0.1, -0.05) is 81.4 Å². The minimum absolute atomic E-state index is 0.000694. The van der Waals surface area contributed by atoms with Gasteiger partial charge < -0.3 is 34.0 Å². The maximum absolute atomic E-state index is 10.8. The molecule has 8 heteroatoms. The van der Waals surface area contributed by atoms with E-state index in [1.165, 1.54) is 0 Å². The van der Waals surface area contributed by atoms with Crippen molar-refractivity contribution in [3.63, 3.8) is 0 Å². The molecular weight excluding hydrogens is 488 g/mol. The van der Waals surface area contributed by atoms with E-state index in [9.17, 15) is 15.3 Å². The molecule has 7 nitrogen and oxygen atoms in total. The van der Waals surface area contributed by atoms with Crippen molar-refractivity contribution in [3.05, 3.63) is 84.9 Å². The van der Waals surface area contributed by atoms with Crippen LogP contribution in [0.5, 0.6) is 11.5 Å². The van der Waals surface area contributed by atoms with Crippen molar-refractivity contribution in [3.8, 4) is 11.5 Å². The second-order valence-electron chi connectivity index (χ2n) is 10.3. The number of hydrogen-bond acceptors (Lipinski definition) is 7. The largest absolute Gasteiger partial charge is 0.497 e. The van der Waals surface area contributed by atoms with Gasteiger partial charge in [0.2, 0.25) is 6.29 Å². The highest BCUT2D eigenvalue weighted by Crippen LogP contribution is 2.37. The summed E-state index contributed by atoms with van der Waals surface area (Å²) in [6.45, 7) is 6.48. The normalized spacial score (nSPS) is 24.5. The summed E-state index contributed by atoms with van der Waals surface area (Å²) >= 11 is 0. The van der Waals surface area contributed by atoms with E-state index in [1.807, 2.05) is 36.4 Å². The second kappa shape index (κ2) is 11.3. The van der Waals surface area contributed by atoms with E-state index >= 15 is 0 Å². The Hall–Kier alpha value is -2.72. The standard InChI is InChI=1S/C29H36O7Si/c1-29(2,3)37(22-11-7-5-8-12-22,23-13-9-6-10-14-23)34-19-24-25(30)26(31)27(32)28(36-24)35-21-17-15-20(33-4)16-18-21/h5-18,24-28,30-32H,19H2,1-4H3/t24-,25+,26+,27-,28-/m1/s1. The topological polar surface area (TPSA) is 97.6 Å². The minimum Gasteiger partial charge on any atom is -0.497 e. The first-order valence-corrected chi connectivity index (χ1v) is 14.3. The molecule has 0 unspecified atom stereocenters. The van der Waals surface area contributed by atoms with Crippen LogP contribution in [0.2, 0.25) is 5.04 Å². The van der Waals surface area contributed by atoms with Crippen molar-refractivity contribution in [2.24, 2.45) is 0 Å². The number of rotatable bonds is 8. The zero-order chi connectivity index (χ0) is 26.6. The fourth-order valence-electron chi connectivity index (χ4n) is 4.91. The van der Waals surface area contributed by atoms with Crippen molar-refractivity contribution in [2.45, 2.75) is 56.5 Å². The van der Waals surface area contributed by atoms with Gasteiger partial charge in [0.25, 0.3) is 8.32 Å². The molecule has 0 aliphatic carbocycles. The van der Waals surface area contributed by atoms with Crippen LogP contribution in [-0.4, -0.2) is 68.1 Å². The molecule has 1 aliphatic heterocycles. The quantitative estimate of drug-likeness (QED) is 0.390. The summed E-state index contributed by atoms with van der Waals surface area (Å²) in [7, 11) is -1.33. The van der Waals surface area contributed by atoms with Gasteiger partial charge in [-0.25, -0.2) is 0 Å².